The zero-order valence-corrected chi connectivity index (χ0v) is 10.1. The molecule has 1 aromatic rings. The average Bonchev–Trinajstić information content (AvgIpc) is 2.37. The van der Waals surface area contributed by atoms with E-state index in [9.17, 15) is 20.1 Å². The van der Waals surface area contributed by atoms with Crippen LogP contribution in [0.25, 0.3) is 0 Å². The summed E-state index contributed by atoms with van der Waals surface area (Å²) in [5, 5.41) is 46.5. The molecule has 0 spiro atoms. The first-order chi connectivity index (χ1) is 8.90. The number of carboxylic acids is 1. The van der Waals surface area contributed by atoms with Gasteiger partial charge < -0.3 is 25.2 Å². The number of carbonyl (C=O) groups is 1. The minimum absolute atomic E-state index is 0.0457. The first kappa shape index (κ1) is 14.8. The van der Waals surface area contributed by atoms with Gasteiger partial charge in [0.05, 0.1) is 31.3 Å². The fraction of sp³-hybridized carbons (Fsp3) is 0.333. The highest BCUT2D eigenvalue weighted by atomic mass is 16.5. The number of carboxylic acid groups (broad SMARTS) is 1. The molecule has 0 radical (unpaired) electrons. The van der Waals surface area contributed by atoms with Crippen LogP contribution in [0.1, 0.15) is 23.7 Å². The highest BCUT2D eigenvalue weighted by Crippen LogP contribution is 2.36. The summed E-state index contributed by atoms with van der Waals surface area (Å²) in [7, 11) is 1.26. The van der Waals surface area contributed by atoms with Crippen LogP contribution in [0.2, 0.25) is 0 Å². The highest BCUT2D eigenvalue weighted by molar-refractivity contribution is 5.67. The van der Waals surface area contributed by atoms with Gasteiger partial charge in [-0.05, 0) is 6.07 Å². The van der Waals surface area contributed by atoms with E-state index in [4.69, 9.17) is 15.1 Å². The van der Waals surface area contributed by atoms with Gasteiger partial charge in [0.15, 0.2) is 11.5 Å². The standard InChI is InChI=1S/C12H13NO6/c1-19-9-3-6(5-13)2-7(12(9)18)11(17)8(14)4-10(15)16/h2-3,8,11,14,17-18H,4H2,1H3,(H,15,16). The van der Waals surface area contributed by atoms with Crippen molar-refractivity contribution in [3.05, 3.63) is 23.3 Å². The Kier molecular flexibility index (Phi) is 4.69. The van der Waals surface area contributed by atoms with Gasteiger partial charge in [0, 0.05) is 11.6 Å². The number of aliphatic hydroxyl groups excluding tert-OH is 2. The third-order valence-corrected chi connectivity index (χ3v) is 2.52. The van der Waals surface area contributed by atoms with Crippen molar-refractivity contribution in [3.8, 4) is 17.6 Å². The van der Waals surface area contributed by atoms with Crippen LogP contribution in [0.4, 0.5) is 0 Å². The third kappa shape index (κ3) is 3.34. The Balaban J connectivity index is 3.18. The van der Waals surface area contributed by atoms with Gasteiger partial charge in [-0.1, -0.05) is 0 Å². The van der Waals surface area contributed by atoms with Crippen LogP contribution in [0.5, 0.6) is 11.5 Å². The predicted octanol–water partition coefficient (Wildman–Crippen LogP) is 0.141. The molecule has 0 amide bonds. The number of nitriles is 1. The molecule has 0 aromatic heterocycles. The summed E-state index contributed by atoms with van der Waals surface area (Å²) in [5.74, 6) is -1.79. The topological polar surface area (TPSA) is 131 Å². The molecule has 0 aliphatic rings. The number of hydrogen-bond acceptors (Lipinski definition) is 6. The van der Waals surface area contributed by atoms with E-state index in [2.05, 4.69) is 0 Å². The molecule has 0 fully saturated rings. The number of aliphatic carboxylic acids is 1. The van der Waals surface area contributed by atoms with Crippen molar-refractivity contribution < 1.29 is 30.0 Å². The Labute approximate surface area is 108 Å². The molecular formula is C12H13NO6. The Morgan fingerprint density at radius 3 is 2.58 bits per heavy atom. The van der Waals surface area contributed by atoms with Crippen LogP contribution >= 0.6 is 0 Å². The summed E-state index contributed by atoms with van der Waals surface area (Å²) in [4.78, 5) is 10.5. The molecule has 0 aliphatic heterocycles. The number of nitrogens with zero attached hydrogens (tertiary/aromatic N) is 1. The van der Waals surface area contributed by atoms with Gasteiger partial charge >= 0.3 is 5.97 Å². The van der Waals surface area contributed by atoms with Gasteiger partial charge in [-0.15, -0.1) is 0 Å². The van der Waals surface area contributed by atoms with Crippen LogP contribution in [0.15, 0.2) is 12.1 Å². The Morgan fingerprint density at radius 1 is 1.47 bits per heavy atom. The van der Waals surface area contributed by atoms with Crippen LogP contribution < -0.4 is 4.74 Å². The Bertz CT molecular complexity index is 522. The second kappa shape index (κ2) is 6.04. The van der Waals surface area contributed by atoms with E-state index in [1.165, 1.54) is 13.2 Å². The Morgan fingerprint density at radius 2 is 2.11 bits per heavy atom. The molecule has 7 heteroatoms. The van der Waals surface area contributed by atoms with Crippen LogP contribution in [0.3, 0.4) is 0 Å². The Hall–Kier alpha value is -2.30. The molecule has 2 unspecified atom stereocenters. The average molecular weight is 267 g/mol. The molecule has 1 aromatic carbocycles. The van der Waals surface area contributed by atoms with E-state index in [1.807, 2.05) is 0 Å². The number of methoxy groups -OCH3 is 1. The largest absolute Gasteiger partial charge is 0.504 e. The SMILES string of the molecule is COc1cc(C#N)cc(C(O)C(O)CC(=O)O)c1O. The summed E-state index contributed by atoms with van der Waals surface area (Å²) in [6.45, 7) is 0. The van der Waals surface area contributed by atoms with E-state index in [0.29, 0.717) is 0 Å². The second-order valence-electron chi connectivity index (χ2n) is 3.84. The second-order valence-corrected chi connectivity index (χ2v) is 3.84. The highest BCUT2D eigenvalue weighted by Gasteiger charge is 2.25. The van der Waals surface area contributed by atoms with Crippen molar-refractivity contribution >= 4 is 5.97 Å². The number of aliphatic hydroxyl groups is 2. The summed E-state index contributed by atoms with van der Waals surface area (Å²) < 4.78 is 4.83. The van der Waals surface area contributed by atoms with Gasteiger partial charge in [0.1, 0.15) is 6.10 Å². The minimum atomic E-state index is -1.64. The fourth-order valence-corrected chi connectivity index (χ4v) is 1.57. The minimum Gasteiger partial charge on any atom is -0.504 e. The number of aromatic hydroxyl groups is 1. The first-order valence-electron chi connectivity index (χ1n) is 5.29. The number of hydrogen-bond donors (Lipinski definition) is 4. The maximum absolute atomic E-state index is 10.5. The quantitative estimate of drug-likeness (QED) is 0.596. The van der Waals surface area contributed by atoms with Crippen LogP contribution in [-0.4, -0.2) is 39.6 Å². The van der Waals surface area contributed by atoms with Gasteiger partial charge in [0.25, 0.3) is 0 Å². The maximum Gasteiger partial charge on any atom is 0.306 e. The van der Waals surface area contributed by atoms with Crippen molar-refractivity contribution in [2.75, 3.05) is 7.11 Å². The summed E-state index contributed by atoms with van der Waals surface area (Å²) in [6, 6.07) is 4.22. The summed E-state index contributed by atoms with van der Waals surface area (Å²) in [6.07, 6.45) is -3.94. The molecule has 0 bridgehead atoms. The van der Waals surface area contributed by atoms with E-state index >= 15 is 0 Å². The molecule has 4 N–H and O–H groups in total. The normalized spacial score (nSPS) is 13.4. The lowest BCUT2D eigenvalue weighted by atomic mass is 9.98. The zero-order chi connectivity index (χ0) is 14.6. The van der Waals surface area contributed by atoms with Gasteiger partial charge in [-0.25, -0.2) is 0 Å². The van der Waals surface area contributed by atoms with E-state index in [1.54, 1.807) is 6.07 Å². The summed E-state index contributed by atoms with van der Waals surface area (Å²) in [5.41, 5.74) is -0.0594. The van der Waals surface area contributed by atoms with Crippen molar-refractivity contribution in [2.24, 2.45) is 0 Å². The lowest BCUT2D eigenvalue weighted by Gasteiger charge is -2.19. The molecule has 19 heavy (non-hydrogen) atoms. The molecule has 7 nitrogen and oxygen atoms in total. The number of benzene rings is 1. The molecular weight excluding hydrogens is 254 g/mol. The molecule has 2 atom stereocenters. The summed E-state index contributed by atoms with van der Waals surface area (Å²) >= 11 is 0. The molecule has 0 aliphatic carbocycles. The molecule has 1 rings (SSSR count). The number of ether oxygens (including phenoxy) is 1. The van der Waals surface area contributed by atoms with E-state index < -0.39 is 30.3 Å². The molecule has 102 valence electrons. The molecule has 0 saturated heterocycles. The number of phenolic OH excluding ortho intramolecular Hbond substituents is 1. The number of phenols is 1. The van der Waals surface area contributed by atoms with Crippen molar-refractivity contribution in [2.45, 2.75) is 18.6 Å². The van der Waals surface area contributed by atoms with Crippen LogP contribution in [0, 0.1) is 11.3 Å². The van der Waals surface area contributed by atoms with E-state index in [0.717, 1.165) is 6.07 Å². The van der Waals surface area contributed by atoms with Gasteiger partial charge in [-0.3, -0.25) is 4.79 Å². The molecule has 0 heterocycles. The fourth-order valence-electron chi connectivity index (χ4n) is 1.57. The van der Waals surface area contributed by atoms with E-state index in [-0.39, 0.29) is 16.9 Å². The van der Waals surface area contributed by atoms with Crippen LogP contribution in [-0.2, 0) is 4.79 Å². The lowest BCUT2D eigenvalue weighted by molar-refractivity contribution is -0.141. The lowest BCUT2D eigenvalue weighted by Crippen LogP contribution is -2.22. The van der Waals surface area contributed by atoms with Crippen molar-refractivity contribution in [1.29, 1.82) is 5.26 Å². The van der Waals surface area contributed by atoms with Crippen molar-refractivity contribution in [1.82, 2.24) is 0 Å². The smallest absolute Gasteiger partial charge is 0.306 e. The maximum atomic E-state index is 10.5. The first-order valence-corrected chi connectivity index (χ1v) is 5.29. The van der Waals surface area contributed by atoms with Gasteiger partial charge in [0.2, 0.25) is 0 Å². The third-order valence-electron chi connectivity index (χ3n) is 2.52. The number of rotatable bonds is 5. The predicted molar refractivity (Wildman–Crippen MR) is 62.6 cm³/mol. The zero-order valence-electron chi connectivity index (χ0n) is 10.1. The van der Waals surface area contributed by atoms with Crippen molar-refractivity contribution in [3.63, 3.8) is 0 Å². The molecule has 0 saturated carbocycles. The monoisotopic (exact) mass is 267 g/mol. The van der Waals surface area contributed by atoms with Gasteiger partial charge in [-0.2, -0.15) is 5.26 Å².